The SMILES string of the molecule is Cc1ccc(N(CCNC(=O)c2ccccc2C)S(C)(=O)=O)cc1Cl. The number of carbonyl (C=O) groups excluding carboxylic acids is 1. The summed E-state index contributed by atoms with van der Waals surface area (Å²) in [6, 6.07) is 12.3. The number of nitrogens with zero attached hydrogens (tertiary/aromatic N) is 1. The molecule has 0 heterocycles. The molecule has 2 aromatic rings. The number of carbonyl (C=O) groups is 1. The second kappa shape index (κ2) is 7.89. The van der Waals surface area contributed by atoms with Gasteiger partial charge in [0.05, 0.1) is 18.5 Å². The van der Waals surface area contributed by atoms with Crippen LogP contribution in [0.5, 0.6) is 0 Å². The summed E-state index contributed by atoms with van der Waals surface area (Å²) in [5, 5.41) is 3.26. The van der Waals surface area contributed by atoms with Crippen LogP contribution in [-0.4, -0.2) is 33.7 Å². The zero-order valence-corrected chi connectivity index (χ0v) is 16.0. The van der Waals surface area contributed by atoms with Crippen LogP contribution in [0.1, 0.15) is 21.5 Å². The Labute approximate surface area is 153 Å². The van der Waals surface area contributed by atoms with Crippen LogP contribution in [0.25, 0.3) is 0 Å². The quantitative estimate of drug-likeness (QED) is 0.837. The van der Waals surface area contributed by atoms with Crippen molar-refractivity contribution in [2.24, 2.45) is 0 Å². The number of halogens is 1. The smallest absolute Gasteiger partial charge is 0.251 e. The first-order chi connectivity index (χ1) is 11.7. The second-order valence-electron chi connectivity index (χ2n) is 5.84. The molecule has 0 saturated carbocycles. The first kappa shape index (κ1) is 19.3. The van der Waals surface area contributed by atoms with Gasteiger partial charge in [-0.2, -0.15) is 0 Å². The Bertz CT molecular complexity index is 882. The number of amides is 1. The molecule has 0 saturated heterocycles. The molecule has 0 spiro atoms. The molecule has 0 radical (unpaired) electrons. The van der Waals surface area contributed by atoms with Gasteiger partial charge in [-0.15, -0.1) is 0 Å². The summed E-state index contributed by atoms with van der Waals surface area (Å²) < 4.78 is 25.4. The largest absolute Gasteiger partial charge is 0.350 e. The van der Waals surface area contributed by atoms with Crippen molar-refractivity contribution in [3.05, 3.63) is 64.2 Å². The molecular formula is C18H21ClN2O3S. The lowest BCUT2D eigenvalue weighted by Gasteiger charge is -2.23. The normalized spacial score (nSPS) is 11.2. The maximum absolute atomic E-state index is 12.2. The predicted octanol–water partition coefficient (Wildman–Crippen LogP) is 3.15. The zero-order valence-electron chi connectivity index (χ0n) is 14.4. The van der Waals surface area contributed by atoms with Crippen molar-refractivity contribution < 1.29 is 13.2 Å². The minimum atomic E-state index is -3.49. The Balaban J connectivity index is 2.10. The van der Waals surface area contributed by atoms with Crippen molar-refractivity contribution in [1.82, 2.24) is 5.32 Å². The number of sulfonamides is 1. The first-order valence-corrected chi connectivity index (χ1v) is 10.0. The fourth-order valence-corrected chi connectivity index (χ4v) is 3.51. The maximum atomic E-state index is 12.2. The highest BCUT2D eigenvalue weighted by Crippen LogP contribution is 2.24. The highest BCUT2D eigenvalue weighted by Gasteiger charge is 2.18. The highest BCUT2D eigenvalue weighted by molar-refractivity contribution is 7.92. The third-order valence-corrected chi connectivity index (χ3v) is 5.44. The van der Waals surface area contributed by atoms with Gasteiger partial charge in [-0.3, -0.25) is 9.10 Å². The van der Waals surface area contributed by atoms with Crippen molar-refractivity contribution in [1.29, 1.82) is 0 Å². The summed E-state index contributed by atoms with van der Waals surface area (Å²) in [6.45, 7) is 4.01. The molecule has 1 amide bonds. The summed E-state index contributed by atoms with van der Waals surface area (Å²) in [4.78, 5) is 12.2. The van der Waals surface area contributed by atoms with Gasteiger partial charge in [0.2, 0.25) is 10.0 Å². The Kier molecular flexibility index (Phi) is 6.08. The molecule has 1 N–H and O–H groups in total. The van der Waals surface area contributed by atoms with Gasteiger partial charge in [0.15, 0.2) is 0 Å². The number of hydrogen-bond acceptors (Lipinski definition) is 3. The number of anilines is 1. The van der Waals surface area contributed by atoms with Crippen molar-refractivity contribution >= 4 is 33.2 Å². The molecule has 5 nitrogen and oxygen atoms in total. The van der Waals surface area contributed by atoms with Crippen molar-refractivity contribution in [3.8, 4) is 0 Å². The van der Waals surface area contributed by atoms with E-state index in [9.17, 15) is 13.2 Å². The average Bonchev–Trinajstić information content (AvgIpc) is 2.53. The van der Waals surface area contributed by atoms with Crippen LogP contribution in [0.4, 0.5) is 5.69 Å². The third kappa shape index (κ3) is 4.96. The fraction of sp³-hybridized carbons (Fsp3) is 0.278. The third-order valence-electron chi connectivity index (χ3n) is 3.83. The number of nitrogens with one attached hydrogen (secondary N) is 1. The van der Waals surface area contributed by atoms with Crippen LogP contribution in [0, 0.1) is 13.8 Å². The Morgan fingerprint density at radius 2 is 1.80 bits per heavy atom. The van der Waals surface area contributed by atoms with E-state index in [0.29, 0.717) is 16.3 Å². The molecule has 2 aromatic carbocycles. The van der Waals surface area contributed by atoms with Gasteiger partial charge in [-0.1, -0.05) is 35.9 Å². The molecule has 25 heavy (non-hydrogen) atoms. The van der Waals surface area contributed by atoms with Gasteiger partial charge < -0.3 is 5.32 Å². The van der Waals surface area contributed by atoms with E-state index in [1.54, 1.807) is 30.3 Å². The Morgan fingerprint density at radius 1 is 1.12 bits per heavy atom. The fourth-order valence-electron chi connectivity index (χ4n) is 2.42. The average molecular weight is 381 g/mol. The van der Waals surface area contributed by atoms with E-state index in [0.717, 1.165) is 17.4 Å². The summed E-state index contributed by atoms with van der Waals surface area (Å²) in [6.07, 6.45) is 1.13. The molecule has 0 aliphatic heterocycles. The number of rotatable bonds is 6. The topological polar surface area (TPSA) is 66.5 Å². The van der Waals surface area contributed by atoms with Gasteiger partial charge in [0, 0.05) is 17.1 Å². The summed E-state index contributed by atoms with van der Waals surface area (Å²) in [5.74, 6) is -0.228. The zero-order chi connectivity index (χ0) is 18.6. The lowest BCUT2D eigenvalue weighted by atomic mass is 10.1. The first-order valence-electron chi connectivity index (χ1n) is 7.78. The van der Waals surface area contributed by atoms with Crippen molar-refractivity contribution in [2.45, 2.75) is 13.8 Å². The van der Waals surface area contributed by atoms with Gasteiger partial charge >= 0.3 is 0 Å². The lowest BCUT2D eigenvalue weighted by Crippen LogP contribution is -2.38. The molecular weight excluding hydrogens is 360 g/mol. The lowest BCUT2D eigenvalue weighted by molar-refractivity contribution is 0.0954. The molecule has 0 aromatic heterocycles. The molecule has 0 aliphatic carbocycles. The second-order valence-corrected chi connectivity index (χ2v) is 8.15. The van der Waals surface area contributed by atoms with Gasteiger partial charge in [-0.05, 0) is 43.2 Å². The molecule has 0 atom stereocenters. The molecule has 134 valence electrons. The van der Waals surface area contributed by atoms with E-state index < -0.39 is 10.0 Å². The van der Waals surface area contributed by atoms with Crippen LogP contribution in [0.3, 0.4) is 0 Å². The molecule has 2 rings (SSSR count). The van der Waals surface area contributed by atoms with Gasteiger partial charge in [0.1, 0.15) is 0 Å². The molecule has 0 unspecified atom stereocenters. The van der Waals surface area contributed by atoms with Gasteiger partial charge in [-0.25, -0.2) is 8.42 Å². The molecule has 7 heteroatoms. The summed E-state index contributed by atoms with van der Waals surface area (Å²) in [7, 11) is -3.49. The molecule has 0 fully saturated rings. The summed E-state index contributed by atoms with van der Waals surface area (Å²) >= 11 is 6.10. The number of benzene rings is 2. The molecule has 0 bridgehead atoms. The van der Waals surface area contributed by atoms with Crippen LogP contribution in [-0.2, 0) is 10.0 Å². The summed E-state index contributed by atoms with van der Waals surface area (Å²) in [5.41, 5.74) is 2.78. The van der Waals surface area contributed by atoms with Crippen molar-refractivity contribution in [3.63, 3.8) is 0 Å². The molecule has 0 aliphatic rings. The van der Waals surface area contributed by atoms with E-state index in [2.05, 4.69) is 5.32 Å². The predicted molar refractivity (Wildman–Crippen MR) is 102 cm³/mol. The Hall–Kier alpha value is -2.05. The van der Waals surface area contributed by atoms with E-state index >= 15 is 0 Å². The number of hydrogen-bond donors (Lipinski definition) is 1. The monoisotopic (exact) mass is 380 g/mol. The van der Waals surface area contributed by atoms with E-state index in [1.165, 1.54) is 4.31 Å². The van der Waals surface area contributed by atoms with Crippen LogP contribution < -0.4 is 9.62 Å². The minimum absolute atomic E-state index is 0.121. The van der Waals surface area contributed by atoms with Gasteiger partial charge in [0.25, 0.3) is 5.91 Å². The van der Waals surface area contributed by atoms with E-state index in [1.807, 2.05) is 26.0 Å². The maximum Gasteiger partial charge on any atom is 0.251 e. The highest BCUT2D eigenvalue weighted by atomic mass is 35.5. The van der Waals surface area contributed by atoms with Crippen molar-refractivity contribution in [2.75, 3.05) is 23.7 Å². The minimum Gasteiger partial charge on any atom is -0.350 e. The van der Waals surface area contributed by atoms with E-state index in [4.69, 9.17) is 11.6 Å². The Morgan fingerprint density at radius 3 is 2.40 bits per heavy atom. The standard InChI is InChI=1S/C18H21ClN2O3S/c1-13-6-4-5-7-16(13)18(22)20-10-11-21(25(3,23)24)15-9-8-14(2)17(19)12-15/h4-9,12H,10-11H2,1-3H3,(H,20,22). The van der Waals surface area contributed by atoms with E-state index in [-0.39, 0.29) is 19.0 Å². The number of aryl methyl sites for hydroxylation is 2. The van der Waals surface area contributed by atoms with Crippen LogP contribution >= 0.6 is 11.6 Å². The van der Waals surface area contributed by atoms with Crippen LogP contribution in [0.2, 0.25) is 5.02 Å². The van der Waals surface area contributed by atoms with Crippen LogP contribution in [0.15, 0.2) is 42.5 Å².